The molecule has 148 valence electrons. The van der Waals surface area contributed by atoms with Crippen molar-refractivity contribution in [3.63, 3.8) is 0 Å². The second-order valence-electron chi connectivity index (χ2n) is 6.51. The fourth-order valence-electron chi connectivity index (χ4n) is 3.55. The third-order valence-corrected chi connectivity index (χ3v) is 5.22. The van der Waals surface area contributed by atoms with Gasteiger partial charge in [-0.1, -0.05) is 29.8 Å². The Labute approximate surface area is 173 Å². The van der Waals surface area contributed by atoms with Gasteiger partial charge in [-0.25, -0.2) is 4.79 Å². The van der Waals surface area contributed by atoms with Gasteiger partial charge in [0.2, 0.25) is 0 Å². The van der Waals surface area contributed by atoms with Crippen molar-refractivity contribution < 1.29 is 14.3 Å². The molecule has 2 aromatic carbocycles. The molecule has 1 aromatic heterocycles. The van der Waals surface area contributed by atoms with Gasteiger partial charge in [0.25, 0.3) is 0 Å². The standard InChI is InChI=1S/C22H20ClN3O3/c1-3-29-22(27)19-18(15-6-4-5-7-17(15)23)16-12-24-26-21(16)25-20(19)13-8-10-14(28-2)11-9-13/h4-12,18H,3H2,1-2H3,(H2,24,25,26). The highest BCUT2D eigenvalue weighted by atomic mass is 35.5. The molecule has 1 unspecified atom stereocenters. The molecule has 4 rings (SSSR count). The van der Waals surface area contributed by atoms with Crippen LogP contribution >= 0.6 is 11.6 Å². The van der Waals surface area contributed by atoms with Crippen molar-refractivity contribution in [3.05, 3.63) is 82.0 Å². The fourth-order valence-corrected chi connectivity index (χ4v) is 3.80. The zero-order valence-corrected chi connectivity index (χ0v) is 16.8. The molecule has 0 aliphatic carbocycles. The largest absolute Gasteiger partial charge is 0.497 e. The van der Waals surface area contributed by atoms with Gasteiger partial charge in [0.15, 0.2) is 5.82 Å². The van der Waals surface area contributed by atoms with Crippen molar-refractivity contribution in [2.24, 2.45) is 0 Å². The Morgan fingerprint density at radius 2 is 1.90 bits per heavy atom. The number of methoxy groups -OCH3 is 1. The van der Waals surface area contributed by atoms with Gasteiger partial charge in [-0.3, -0.25) is 5.10 Å². The molecule has 1 atom stereocenters. The van der Waals surface area contributed by atoms with Gasteiger partial charge in [-0.2, -0.15) is 5.10 Å². The second kappa shape index (κ2) is 8.01. The Morgan fingerprint density at radius 1 is 1.14 bits per heavy atom. The zero-order valence-electron chi connectivity index (χ0n) is 16.0. The monoisotopic (exact) mass is 409 g/mol. The maximum Gasteiger partial charge on any atom is 0.337 e. The van der Waals surface area contributed by atoms with Crippen LogP contribution in [0.15, 0.2) is 60.3 Å². The molecule has 2 heterocycles. The van der Waals surface area contributed by atoms with Gasteiger partial charge in [0, 0.05) is 22.7 Å². The number of carbonyl (C=O) groups excluding carboxylic acids is 1. The number of esters is 1. The summed E-state index contributed by atoms with van der Waals surface area (Å²) in [6.45, 7) is 2.06. The maximum atomic E-state index is 13.1. The SMILES string of the molecule is CCOC(=O)C1=C(c2ccc(OC)cc2)Nc2n[nH]cc2C1c1ccccc1Cl. The third kappa shape index (κ3) is 3.47. The lowest BCUT2D eigenvalue weighted by Gasteiger charge is -2.29. The van der Waals surface area contributed by atoms with Crippen LogP contribution in [0.5, 0.6) is 5.75 Å². The molecule has 29 heavy (non-hydrogen) atoms. The first-order valence-corrected chi connectivity index (χ1v) is 9.62. The number of hydrogen-bond acceptors (Lipinski definition) is 5. The number of nitrogens with zero attached hydrogens (tertiary/aromatic N) is 1. The number of hydrogen-bond donors (Lipinski definition) is 2. The number of anilines is 1. The van der Waals surface area contributed by atoms with E-state index in [-0.39, 0.29) is 6.61 Å². The van der Waals surface area contributed by atoms with E-state index < -0.39 is 11.9 Å². The third-order valence-electron chi connectivity index (χ3n) is 4.87. The van der Waals surface area contributed by atoms with Crippen molar-refractivity contribution in [1.82, 2.24) is 10.2 Å². The number of H-pyrrole nitrogens is 1. The molecule has 0 fully saturated rings. The number of carbonyl (C=O) groups is 1. The predicted octanol–water partition coefficient (Wildman–Crippen LogP) is 4.60. The van der Waals surface area contributed by atoms with Crippen LogP contribution in [-0.2, 0) is 9.53 Å². The Morgan fingerprint density at radius 3 is 2.59 bits per heavy atom. The summed E-state index contributed by atoms with van der Waals surface area (Å²) in [4.78, 5) is 13.1. The second-order valence-corrected chi connectivity index (χ2v) is 6.91. The summed E-state index contributed by atoms with van der Waals surface area (Å²) in [6, 6.07) is 15.0. The summed E-state index contributed by atoms with van der Waals surface area (Å²) in [7, 11) is 1.61. The minimum Gasteiger partial charge on any atom is -0.497 e. The van der Waals surface area contributed by atoms with Gasteiger partial charge in [-0.05, 0) is 48.4 Å². The van der Waals surface area contributed by atoms with E-state index in [9.17, 15) is 4.79 Å². The van der Waals surface area contributed by atoms with E-state index in [1.807, 2.05) is 48.5 Å². The van der Waals surface area contributed by atoms with Crippen LogP contribution in [0.1, 0.15) is 29.5 Å². The maximum absolute atomic E-state index is 13.1. The van der Waals surface area contributed by atoms with Crippen molar-refractivity contribution >= 4 is 29.1 Å². The lowest BCUT2D eigenvalue weighted by Crippen LogP contribution is -2.24. The molecular weight excluding hydrogens is 390 g/mol. The number of ether oxygens (including phenoxy) is 2. The molecule has 3 aromatic rings. The summed E-state index contributed by atoms with van der Waals surface area (Å²) in [5, 5.41) is 11.1. The van der Waals surface area contributed by atoms with Crippen molar-refractivity contribution in [2.75, 3.05) is 19.0 Å². The number of rotatable bonds is 5. The molecule has 1 aliphatic rings. The Balaban J connectivity index is 1.96. The van der Waals surface area contributed by atoms with Crippen LogP contribution in [0.25, 0.3) is 5.70 Å². The highest BCUT2D eigenvalue weighted by Crippen LogP contribution is 2.45. The van der Waals surface area contributed by atoms with E-state index in [0.717, 1.165) is 22.4 Å². The van der Waals surface area contributed by atoms with Crippen LogP contribution in [-0.4, -0.2) is 29.9 Å². The number of fused-ring (bicyclic) bond motifs is 1. The van der Waals surface area contributed by atoms with Crippen molar-refractivity contribution in [1.29, 1.82) is 0 Å². The van der Waals surface area contributed by atoms with E-state index in [1.165, 1.54) is 0 Å². The molecule has 1 aliphatic heterocycles. The van der Waals surface area contributed by atoms with Gasteiger partial charge >= 0.3 is 5.97 Å². The summed E-state index contributed by atoms with van der Waals surface area (Å²) in [5.41, 5.74) is 3.58. The Hall–Kier alpha value is -3.25. The van der Waals surface area contributed by atoms with Crippen LogP contribution in [0.2, 0.25) is 5.02 Å². The molecule has 0 radical (unpaired) electrons. The van der Waals surface area contributed by atoms with Crippen LogP contribution < -0.4 is 10.1 Å². The number of halogens is 1. The number of aromatic nitrogens is 2. The van der Waals surface area contributed by atoms with Gasteiger partial charge in [-0.15, -0.1) is 0 Å². The predicted molar refractivity (Wildman–Crippen MR) is 112 cm³/mol. The highest BCUT2D eigenvalue weighted by molar-refractivity contribution is 6.31. The first kappa shape index (κ1) is 19.1. The quantitative estimate of drug-likeness (QED) is 0.602. The molecular formula is C22H20ClN3O3. The Kier molecular flexibility index (Phi) is 5.27. The molecule has 0 saturated heterocycles. The first-order valence-electron chi connectivity index (χ1n) is 9.24. The summed E-state index contributed by atoms with van der Waals surface area (Å²) in [6.07, 6.45) is 1.78. The van der Waals surface area contributed by atoms with Gasteiger partial charge in [0.05, 0.1) is 25.0 Å². The normalized spacial score (nSPS) is 15.5. The molecule has 0 bridgehead atoms. The lowest BCUT2D eigenvalue weighted by atomic mass is 9.81. The van der Waals surface area contributed by atoms with E-state index >= 15 is 0 Å². The topological polar surface area (TPSA) is 76.2 Å². The number of nitrogens with one attached hydrogen (secondary N) is 2. The van der Waals surface area contributed by atoms with Crippen LogP contribution in [0, 0.1) is 0 Å². The lowest BCUT2D eigenvalue weighted by molar-refractivity contribution is -0.138. The van der Waals surface area contributed by atoms with Crippen molar-refractivity contribution in [3.8, 4) is 5.75 Å². The smallest absolute Gasteiger partial charge is 0.337 e. The summed E-state index contributed by atoms with van der Waals surface area (Å²) in [5.74, 6) is 0.553. The number of aromatic amines is 1. The van der Waals surface area contributed by atoms with E-state index in [2.05, 4.69) is 15.5 Å². The average Bonchev–Trinajstić information content (AvgIpc) is 3.21. The van der Waals surface area contributed by atoms with E-state index in [4.69, 9.17) is 21.1 Å². The summed E-state index contributed by atoms with van der Waals surface area (Å²) < 4.78 is 10.7. The van der Waals surface area contributed by atoms with Gasteiger partial charge < -0.3 is 14.8 Å². The average molecular weight is 410 g/mol. The molecule has 0 amide bonds. The molecule has 0 saturated carbocycles. The number of benzene rings is 2. The van der Waals surface area contributed by atoms with E-state index in [0.29, 0.717) is 22.1 Å². The highest BCUT2D eigenvalue weighted by Gasteiger charge is 2.37. The minimum absolute atomic E-state index is 0.270. The zero-order chi connectivity index (χ0) is 20.4. The van der Waals surface area contributed by atoms with E-state index in [1.54, 1.807) is 20.2 Å². The molecule has 0 spiro atoms. The first-order chi connectivity index (χ1) is 14.1. The minimum atomic E-state index is -0.421. The van der Waals surface area contributed by atoms with Crippen molar-refractivity contribution in [2.45, 2.75) is 12.8 Å². The molecule has 6 nitrogen and oxygen atoms in total. The van der Waals surface area contributed by atoms with Gasteiger partial charge in [0.1, 0.15) is 5.75 Å². The molecule has 2 N–H and O–H groups in total. The van der Waals surface area contributed by atoms with Crippen LogP contribution in [0.3, 0.4) is 0 Å². The Bertz CT molecular complexity index is 1070. The van der Waals surface area contributed by atoms with Crippen LogP contribution in [0.4, 0.5) is 5.82 Å². The fraction of sp³-hybridized carbons (Fsp3) is 0.182. The summed E-state index contributed by atoms with van der Waals surface area (Å²) >= 11 is 6.53. The molecule has 7 heteroatoms.